The first-order chi connectivity index (χ1) is 8.25. The van der Waals surface area contributed by atoms with Gasteiger partial charge in [-0.15, -0.1) is 0 Å². The van der Waals surface area contributed by atoms with Gasteiger partial charge in [0.05, 0.1) is 0 Å². The zero-order valence-corrected chi connectivity index (χ0v) is 12.9. The highest BCUT2D eigenvalue weighted by atomic mass is 79.9. The molecule has 0 saturated carbocycles. The van der Waals surface area contributed by atoms with Crippen LogP contribution in [0.2, 0.25) is 0 Å². The quantitative estimate of drug-likeness (QED) is 0.907. The van der Waals surface area contributed by atoms with Gasteiger partial charge in [0, 0.05) is 10.5 Å². The summed E-state index contributed by atoms with van der Waals surface area (Å²) < 4.78 is 1.05. The smallest absolute Gasteiger partial charge is 0.323 e. The van der Waals surface area contributed by atoms with Gasteiger partial charge in [-0.1, -0.05) is 28.1 Å². The van der Waals surface area contributed by atoms with Crippen LogP contribution in [-0.2, 0) is 11.2 Å². The molecular formula is C14H20BrNO2. The number of aliphatic carboxylic acids is 1. The number of carboxylic acid groups (broad SMARTS) is 1. The third-order valence-electron chi connectivity index (χ3n) is 3.51. The standard InChI is InChI=1S/C14H20BrNO2/c1-10(16(4)14(2,3)13(17)18)9-11-5-7-12(15)8-6-11/h5-8,10H,9H2,1-4H3,(H,17,18). The van der Waals surface area contributed by atoms with E-state index < -0.39 is 11.5 Å². The number of carbonyl (C=O) groups is 1. The number of hydrogen-bond acceptors (Lipinski definition) is 2. The highest BCUT2D eigenvalue weighted by molar-refractivity contribution is 9.10. The van der Waals surface area contributed by atoms with Gasteiger partial charge in [-0.05, 0) is 51.9 Å². The molecule has 1 unspecified atom stereocenters. The SMILES string of the molecule is CC(Cc1ccc(Br)cc1)N(C)C(C)(C)C(=O)O. The molecule has 0 aliphatic heterocycles. The summed E-state index contributed by atoms with van der Waals surface area (Å²) in [5, 5.41) is 9.22. The topological polar surface area (TPSA) is 40.5 Å². The van der Waals surface area contributed by atoms with E-state index in [0.717, 1.165) is 10.9 Å². The lowest BCUT2D eigenvalue weighted by Crippen LogP contribution is -2.52. The molecule has 0 aromatic heterocycles. The minimum atomic E-state index is -0.852. The van der Waals surface area contributed by atoms with Gasteiger partial charge in [0.15, 0.2) is 0 Å². The van der Waals surface area contributed by atoms with E-state index in [1.165, 1.54) is 5.56 Å². The first-order valence-corrected chi connectivity index (χ1v) is 6.75. The van der Waals surface area contributed by atoms with Crippen LogP contribution in [0.25, 0.3) is 0 Å². The maximum Gasteiger partial charge on any atom is 0.323 e. The molecule has 0 saturated heterocycles. The molecule has 1 rings (SSSR count). The van der Waals surface area contributed by atoms with Crippen molar-refractivity contribution in [2.24, 2.45) is 0 Å². The van der Waals surface area contributed by atoms with Crippen LogP contribution in [0.5, 0.6) is 0 Å². The molecule has 0 heterocycles. The summed E-state index contributed by atoms with van der Waals surface area (Å²) in [6, 6.07) is 8.29. The van der Waals surface area contributed by atoms with Crippen LogP contribution in [0.15, 0.2) is 28.7 Å². The lowest BCUT2D eigenvalue weighted by atomic mass is 9.98. The van der Waals surface area contributed by atoms with E-state index in [2.05, 4.69) is 28.1 Å². The molecule has 100 valence electrons. The van der Waals surface area contributed by atoms with E-state index in [4.69, 9.17) is 0 Å². The van der Waals surface area contributed by atoms with Crippen molar-refractivity contribution >= 4 is 21.9 Å². The Kier molecular flexibility index (Phi) is 4.93. The number of rotatable bonds is 5. The van der Waals surface area contributed by atoms with Crippen LogP contribution in [0, 0.1) is 0 Å². The molecule has 0 fully saturated rings. The van der Waals surface area contributed by atoms with Crippen LogP contribution >= 0.6 is 15.9 Å². The normalized spacial score (nSPS) is 13.7. The second-order valence-corrected chi connectivity index (χ2v) is 6.07. The maximum absolute atomic E-state index is 11.2. The molecular weight excluding hydrogens is 294 g/mol. The van der Waals surface area contributed by atoms with Gasteiger partial charge in [0.25, 0.3) is 0 Å². The van der Waals surface area contributed by atoms with Gasteiger partial charge in [-0.25, -0.2) is 0 Å². The molecule has 3 nitrogen and oxygen atoms in total. The van der Waals surface area contributed by atoms with E-state index >= 15 is 0 Å². The van der Waals surface area contributed by atoms with Gasteiger partial charge in [0.1, 0.15) is 5.54 Å². The van der Waals surface area contributed by atoms with Crippen LogP contribution in [-0.4, -0.2) is 34.6 Å². The molecule has 0 amide bonds. The fourth-order valence-corrected chi connectivity index (χ4v) is 2.06. The number of hydrogen-bond donors (Lipinski definition) is 1. The summed E-state index contributed by atoms with van der Waals surface area (Å²) in [5.74, 6) is -0.798. The molecule has 1 aromatic carbocycles. The summed E-state index contributed by atoms with van der Waals surface area (Å²) in [5.41, 5.74) is 0.355. The maximum atomic E-state index is 11.2. The van der Waals surface area contributed by atoms with Crippen molar-refractivity contribution in [3.05, 3.63) is 34.3 Å². The van der Waals surface area contributed by atoms with Gasteiger partial charge < -0.3 is 5.11 Å². The highest BCUT2D eigenvalue weighted by Crippen LogP contribution is 2.19. The van der Waals surface area contributed by atoms with E-state index in [-0.39, 0.29) is 6.04 Å². The van der Waals surface area contributed by atoms with Gasteiger partial charge in [0.2, 0.25) is 0 Å². The van der Waals surface area contributed by atoms with Crippen molar-refractivity contribution in [1.82, 2.24) is 4.90 Å². The first kappa shape index (κ1) is 15.2. The van der Waals surface area contributed by atoms with Crippen molar-refractivity contribution in [3.63, 3.8) is 0 Å². The van der Waals surface area contributed by atoms with E-state index in [9.17, 15) is 9.90 Å². The van der Waals surface area contributed by atoms with Gasteiger partial charge in [-0.2, -0.15) is 0 Å². The summed E-state index contributed by atoms with van der Waals surface area (Å²) in [7, 11) is 1.86. The third-order valence-corrected chi connectivity index (χ3v) is 4.04. The van der Waals surface area contributed by atoms with Crippen LogP contribution in [0.4, 0.5) is 0 Å². The van der Waals surface area contributed by atoms with Crippen molar-refractivity contribution in [3.8, 4) is 0 Å². The Labute approximate surface area is 117 Å². The minimum Gasteiger partial charge on any atom is -0.480 e. The predicted octanol–water partition coefficient (Wildman–Crippen LogP) is 3.18. The third kappa shape index (κ3) is 3.56. The summed E-state index contributed by atoms with van der Waals surface area (Å²) >= 11 is 3.40. The van der Waals surface area contributed by atoms with Crippen molar-refractivity contribution in [2.75, 3.05) is 7.05 Å². The average molecular weight is 314 g/mol. The van der Waals surface area contributed by atoms with Crippen LogP contribution in [0.1, 0.15) is 26.3 Å². The average Bonchev–Trinajstić information content (AvgIpc) is 2.30. The molecule has 1 atom stereocenters. The zero-order valence-electron chi connectivity index (χ0n) is 11.3. The van der Waals surface area contributed by atoms with Crippen molar-refractivity contribution < 1.29 is 9.90 Å². The fraction of sp³-hybridized carbons (Fsp3) is 0.500. The van der Waals surface area contributed by atoms with E-state index in [0.29, 0.717) is 0 Å². The molecule has 0 spiro atoms. The van der Waals surface area contributed by atoms with Crippen molar-refractivity contribution in [2.45, 2.75) is 38.8 Å². The molecule has 1 N–H and O–H groups in total. The van der Waals surface area contributed by atoms with E-state index in [1.54, 1.807) is 13.8 Å². The Balaban J connectivity index is 2.73. The second kappa shape index (κ2) is 5.85. The largest absolute Gasteiger partial charge is 0.480 e. The number of carboxylic acids is 1. The molecule has 0 aliphatic rings. The lowest BCUT2D eigenvalue weighted by molar-refractivity contribution is -0.149. The molecule has 0 radical (unpaired) electrons. The molecule has 18 heavy (non-hydrogen) atoms. The molecule has 4 heteroatoms. The fourth-order valence-electron chi connectivity index (χ4n) is 1.80. The van der Waals surface area contributed by atoms with Crippen molar-refractivity contribution in [1.29, 1.82) is 0 Å². The summed E-state index contributed by atoms with van der Waals surface area (Å²) in [4.78, 5) is 13.1. The molecule has 1 aromatic rings. The van der Waals surface area contributed by atoms with Crippen LogP contribution < -0.4 is 0 Å². The van der Waals surface area contributed by atoms with Gasteiger partial charge in [-0.3, -0.25) is 9.69 Å². The number of halogens is 1. The number of likely N-dealkylation sites (N-methyl/N-ethyl adjacent to an activating group) is 1. The minimum absolute atomic E-state index is 0.164. The summed E-state index contributed by atoms with van der Waals surface area (Å²) in [6.07, 6.45) is 0.834. The second-order valence-electron chi connectivity index (χ2n) is 5.15. The number of benzene rings is 1. The van der Waals surface area contributed by atoms with Crippen LogP contribution in [0.3, 0.4) is 0 Å². The molecule has 0 bridgehead atoms. The monoisotopic (exact) mass is 313 g/mol. The first-order valence-electron chi connectivity index (χ1n) is 5.96. The predicted molar refractivity (Wildman–Crippen MR) is 76.8 cm³/mol. The Morgan fingerprint density at radius 3 is 2.33 bits per heavy atom. The Bertz CT molecular complexity index is 414. The number of nitrogens with zero attached hydrogens (tertiary/aromatic N) is 1. The Morgan fingerprint density at radius 2 is 1.89 bits per heavy atom. The van der Waals surface area contributed by atoms with Gasteiger partial charge >= 0.3 is 5.97 Å². The molecule has 0 aliphatic carbocycles. The Morgan fingerprint density at radius 1 is 1.39 bits per heavy atom. The summed E-state index contributed by atoms with van der Waals surface area (Å²) in [6.45, 7) is 5.51. The zero-order chi connectivity index (χ0) is 13.9. The van der Waals surface area contributed by atoms with E-state index in [1.807, 2.05) is 31.0 Å². The lowest BCUT2D eigenvalue weighted by Gasteiger charge is -2.36. The Hall–Kier alpha value is -0.870. The highest BCUT2D eigenvalue weighted by Gasteiger charge is 2.34.